The van der Waals surface area contributed by atoms with Crippen molar-refractivity contribution in [1.29, 1.82) is 0 Å². The highest BCUT2D eigenvalue weighted by Crippen LogP contribution is 2.45. The second-order valence-corrected chi connectivity index (χ2v) is 10.6. The molecule has 4 rings (SSSR count). The normalized spacial score (nSPS) is 13.4. The standard InChI is InChI=1S/C26H25N3O6S2/c1-33-24-14-18(5-10-23(24)35-16-19-3-2-4-21(13-19)29(31)32)15-27-28-25(30)17-34-22-8-6-20(7-9-22)26-36-11-12-37-26/h2-10,13-15,26H,11-12,16-17H2,1H3,(H,28,30)/b27-15-. The van der Waals surface area contributed by atoms with Gasteiger partial charge in [-0.25, -0.2) is 5.43 Å². The van der Waals surface area contributed by atoms with E-state index in [0.717, 1.165) is 0 Å². The lowest BCUT2D eigenvalue weighted by Gasteiger charge is -2.11. The van der Waals surface area contributed by atoms with E-state index in [0.29, 0.717) is 33.0 Å². The molecule has 1 N–H and O–H groups in total. The minimum absolute atomic E-state index is 0.00247. The number of carbonyl (C=O) groups excluding carboxylic acids is 1. The summed E-state index contributed by atoms with van der Waals surface area (Å²) in [5.74, 6) is 3.51. The van der Waals surface area contributed by atoms with Gasteiger partial charge in [-0.2, -0.15) is 5.10 Å². The zero-order valence-corrected chi connectivity index (χ0v) is 21.6. The van der Waals surface area contributed by atoms with Crippen LogP contribution in [0, 0.1) is 10.1 Å². The number of rotatable bonds is 11. The number of benzene rings is 3. The molecule has 11 heteroatoms. The SMILES string of the molecule is COc1cc(/C=N\NC(=O)COc2ccc(C3SCCS3)cc2)ccc1OCc1cccc([N+](=O)[O-])c1. The van der Waals surface area contributed by atoms with Gasteiger partial charge in [0.05, 0.1) is 22.8 Å². The van der Waals surface area contributed by atoms with Crippen LogP contribution in [0.15, 0.2) is 71.8 Å². The number of carbonyl (C=O) groups is 1. The van der Waals surface area contributed by atoms with Crippen molar-refractivity contribution in [2.24, 2.45) is 5.10 Å². The number of hydrazone groups is 1. The van der Waals surface area contributed by atoms with Crippen molar-refractivity contribution < 1.29 is 23.9 Å². The third-order valence-electron chi connectivity index (χ3n) is 5.25. The molecule has 37 heavy (non-hydrogen) atoms. The van der Waals surface area contributed by atoms with Gasteiger partial charge >= 0.3 is 0 Å². The van der Waals surface area contributed by atoms with Gasteiger partial charge in [0.1, 0.15) is 12.4 Å². The third kappa shape index (κ3) is 7.64. The van der Waals surface area contributed by atoms with Crippen molar-refractivity contribution in [2.75, 3.05) is 25.2 Å². The van der Waals surface area contributed by atoms with Gasteiger partial charge in [-0.05, 0) is 47.0 Å². The maximum Gasteiger partial charge on any atom is 0.277 e. The molecule has 3 aromatic rings. The Bertz CT molecular complexity index is 1260. The van der Waals surface area contributed by atoms with Crippen molar-refractivity contribution in [1.82, 2.24) is 5.43 Å². The number of hydrogen-bond donors (Lipinski definition) is 1. The monoisotopic (exact) mass is 539 g/mol. The lowest BCUT2D eigenvalue weighted by Crippen LogP contribution is -2.24. The van der Waals surface area contributed by atoms with Crippen LogP contribution in [0.4, 0.5) is 5.69 Å². The number of thioether (sulfide) groups is 2. The van der Waals surface area contributed by atoms with E-state index < -0.39 is 4.92 Å². The van der Waals surface area contributed by atoms with Crippen LogP contribution in [0.5, 0.6) is 17.2 Å². The van der Waals surface area contributed by atoms with E-state index in [-0.39, 0.29) is 24.8 Å². The fraction of sp³-hybridized carbons (Fsp3) is 0.231. The zero-order valence-electron chi connectivity index (χ0n) is 20.0. The van der Waals surface area contributed by atoms with Gasteiger partial charge in [-0.1, -0.05) is 24.3 Å². The second-order valence-electron chi connectivity index (χ2n) is 7.85. The predicted octanol–water partition coefficient (Wildman–Crippen LogP) is 5.19. The second kappa shape index (κ2) is 13.0. The molecule has 9 nitrogen and oxygen atoms in total. The fourth-order valence-electron chi connectivity index (χ4n) is 3.44. The van der Waals surface area contributed by atoms with Crippen LogP contribution in [0.1, 0.15) is 21.3 Å². The maximum atomic E-state index is 12.1. The highest BCUT2D eigenvalue weighted by atomic mass is 32.2. The average Bonchev–Trinajstić information content (AvgIpc) is 3.46. The molecule has 1 amide bonds. The number of ether oxygens (including phenoxy) is 3. The summed E-state index contributed by atoms with van der Waals surface area (Å²) in [6.07, 6.45) is 1.48. The molecule has 0 aliphatic carbocycles. The first-order valence-electron chi connectivity index (χ1n) is 11.3. The quantitative estimate of drug-likeness (QED) is 0.201. The van der Waals surface area contributed by atoms with Crippen LogP contribution in [-0.2, 0) is 11.4 Å². The lowest BCUT2D eigenvalue weighted by atomic mass is 10.2. The Morgan fingerprint density at radius 3 is 2.59 bits per heavy atom. The molecule has 1 aliphatic heterocycles. The topological polar surface area (TPSA) is 112 Å². The minimum Gasteiger partial charge on any atom is -0.493 e. The summed E-state index contributed by atoms with van der Waals surface area (Å²) in [7, 11) is 1.51. The van der Waals surface area contributed by atoms with Crippen molar-refractivity contribution in [3.8, 4) is 17.2 Å². The summed E-state index contributed by atoms with van der Waals surface area (Å²) >= 11 is 3.88. The van der Waals surface area contributed by atoms with Crippen LogP contribution < -0.4 is 19.6 Å². The molecule has 1 saturated heterocycles. The van der Waals surface area contributed by atoms with Crippen molar-refractivity contribution in [2.45, 2.75) is 11.2 Å². The van der Waals surface area contributed by atoms with E-state index in [2.05, 4.69) is 10.5 Å². The van der Waals surface area contributed by atoms with Gasteiger partial charge in [0.25, 0.3) is 11.6 Å². The molecule has 1 aliphatic rings. The molecule has 0 saturated carbocycles. The third-order valence-corrected chi connectivity index (χ3v) is 8.35. The Kier molecular flexibility index (Phi) is 9.28. The largest absolute Gasteiger partial charge is 0.493 e. The van der Waals surface area contributed by atoms with E-state index in [1.165, 1.54) is 42.5 Å². The van der Waals surface area contributed by atoms with Crippen LogP contribution in [0.25, 0.3) is 0 Å². The van der Waals surface area contributed by atoms with E-state index in [4.69, 9.17) is 14.2 Å². The molecule has 0 atom stereocenters. The van der Waals surface area contributed by atoms with Crippen molar-refractivity contribution in [3.05, 3.63) is 93.5 Å². The number of amides is 1. The molecule has 1 heterocycles. The van der Waals surface area contributed by atoms with Crippen LogP contribution >= 0.6 is 23.5 Å². The summed E-state index contributed by atoms with van der Waals surface area (Å²) in [6, 6.07) is 19.2. The smallest absolute Gasteiger partial charge is 0.277 e. The summed E-state index contributed by atoms with van der Waals surface area (Å²) in [6.45, 7) is -0.0138. The highest BCUT2D eigenvalue weighted by Gasteiger charge is 2.18. The molecular formula is C26H25N3O6S2. The molecule has 0 unspecified atom stereocenters. The van der Waals surface area contributed by atoms with Crippen molar-refractivity contribution >= 4 is 41.3 Å². The molecule has 3 aromatic carbocycles. The Balaban J connectivity index is 1.25. The zero-order chi connectivity index (χ0) is 26.0. The van der Waals surface area contributed by atoms with Crippen molar-refractivity contribution in [3.63, 3.8) is 0 Å². The number of nitrogens with zero attached hydrogens (tertiary/aromatic N) is 2. The summed E-state index contributed by atoms with van der Waals surface area (Å²) in [4.78, 5) is 22.6. The number of hydrogen-bond acceptors (Lipinski definition) is 9. The Morgan fingerprint density at radius 1 is 1.08 bits per heavy atom. The molecule has 0 bridgehead atoms. The number of non-ortho nitro benzene ring substituents is 1. The first kappa shape index (κ1) is 26.4. The van der Waals surface area contributed by atoms with E-state index >= 15 is 0 Å². The van der Waals surface area contributed by atoms with E-state index in [1.807, 2.05) is 47.8 Å². The number of nitro groups is 1. The number of nitro benzene ring substituents is 1. The van der Waals surface area contributed by atoms with Gasteiger partial charge in [0.2, 0.25) is 0 Å². The van der Waals surface area contributed by atoms with Crippen LogP contribution in [0.2, 0.25) is 0 Å². The van der Waals surface area contributed by atoms with Gasteiger partial charge < -0.3 is 14.2 Å². The highest BCUT2D eigenvalue weighted by molar-refractivity contribution is 8.19. The molecular weight excluding hydrogens is 514 g/mol. The molecule has 192 valence electrons. The number of methoxy groups -OCH3 is 1. The maximum absolute atomic E-state index is 12.1. The average molecular weight is 540 g/mol. The Labute approximate surface area is 222 Å². The van der Waals surface area contributed by atoms with Gasteiger partial charge in [0, 0.05) is 23.6 Å². The summed E-state index contributed by atoms with van der Waals surface area (Å²) in [5.41, 5.74) is 5.04. The predicted molar refractivity (Wildman–Crippen MR) is 146 cm³/mol. The fourth-order valence-corrected chi connectivity index (χ4v) is 6.30. The molecule has 0 spiro atoms. The lowest BCUT2D eigenvalue weighted by molar-refractivity contribution is -0.384. The Hall–Kier alpha value is -3.70. The molecule has 1 fully saturated rings. The van der Waals surface area contributed by atoms with Gasteiger partial charge in [-0.3, -0.25) is 14.9 Å². The summed E-state index contributed by atoms with van der Waals surface area (Å²) < 4.78 is 17.2. The minimum atomic E-state index is -0.449. The molecule has 0 radical (unpaired) electrons. The summed E-state index contributed by atoms with van der Waals surface area (Å²) in [5, 5.41) is 14.9. The van der Waals surface area contributed by atoms with Crippen LogP contribution in [-0.4, -0.2) is 42.3 Å². The van der Waals surface area contributed by atoms with Gasteiger partial charge in [-0.15, -0.1) is 23.5 Å². The molecule has 0 aromatic heterocycles. The first-order chi connectivity index (χ1) is 18.0. The Morgan fingerprint density at radius 2 is 1.86 bits per heavy atom. The van der Waals surface area contributed by atoms with E-state index in [9.17, 15) is 14.9 Å². The van der Waals surface area contributed by atoms with Gasteiger partial charge in [0.15, 0.2) is 18.1 Å². The van der Waals surface area contributed by atoms with Crippen LogP contribution in [0.3, 0.4) is 0 Å². The van der Waals surface area contributed by atoms with E-state index in [1.54, 1.807) is 30.3 Å². The first-order valence-corrected chi connectivity index (χ1v) is 13.4. The number of nitrogens with one attached hydrogen (secondary N) is 1.